The molecule has 1 aromatic heterocycles. The smallest absolute Gasteiger partial charge is 0.250 e. The normalized spacial score (nSPS) is 10.8. The quantitative estimate of drug-likeness (QED) is 0.664. The molecule has 1 nitrogen and oxygen atoms in total. The van der Waals surface area contributed by atoms with Gasteiger partial charge in [0.05, 0.1) is 5.69 Å². The van der Waals surface area contributed by atoms with E-state index >= 15 is 0 Å². The van der Waals surface area contributed by atoms with Crippen molar-refractivity contribution in [2.45, 2.75) is 13.3 Å². The first-order valence-corrected chi connectivity index (χ1v) is 5.29. The molecule has 0 saturated carbocycles. The lowest BCUT2D eigenvalue weighted by atomic mass is 10.3. The maximum absolute atomic E-state index is 12.3. The molecule has 0 radical (unpaired) electrons. The Balaban J connectivity index is 3.23. The zero-order valence-corrected chi connectivity index (χ0v) is 10.4. The molecular weight excluding hydrogens is 390 g/mol. The Labute approximate surface area is 96.2 Å². The van der Waals surface area contributed by atoms with E-state index in [1.165, 1.54) is 0 Å². The molecule has 0 aliphatic rings. The third kappa shape index (κ3) is 2.24. The van der Waals surface area contributed by atoms with Gasteiger partial charge in [-0.3, -0.25) is 0 Å². The van der Waals surface area contributed by atoms with Crippen LogP contribution in [0.25, 0.3) is 0 Å². The fourth-order valence-corrected chi connectivity index (χ4v) is 2.43. The Bertz CT molecular complexity index is 302. The van der Waals surface area contributed by atoms with Gasteiger partial charge in [0.15, 0.2) is 0 Å². The SMILES string of the molecule is Cc1nc(C(F)F)c(I)cc1I. The predicted octanol–water partition coefficient (Wildman–Crippen LogP) is 3.54. The minimum atomic E-state index is -2.48. The van der Waals surface area contributed by atoms with Gasteiger partial charge >= 0.3 is 0 Å². The number of alkyl halides is 2. The van der Waals surface area contributed by atoms with Crippen molar-refractivity contribution in [1.29, 1.82) is 0 Å². The lowest BCUT2D eigenvalue weighted by molar-refractivity contribution is 0.145. The standard InChI is InChI=1S/C7H5F2I2N/c1-3-4(10)2-5(11)6(12-3)7(8)9/h2,7H,1H3. The molecule has 0 spiro atoms. The minimum Gasteiger partial charge on any atom is -0.250 e. The van der Waals surface area contributed by atoms with Crippen LogP contribution in [0.3, 0.4) is 0 Å². The third-order valence-corrected chi connectivity index (χ3v) is 3.29. The van der Waals surface area contributed by atoms with E-state index in [0.717, 1.165) is 3.57 Å². The van der Waals surface area contributed by atoms with Gasteiger partial charge in [-0.05, 0) is 58.2 Å². The van der Waals surface area contributed by atoms with Crippen molar-refractivity contribution >= 4 is 45.2 Å². The summed E-state index contributed by atoms with van der Waals surface area (Å²) in [7, 11) is 0. The maximum atomic E-state index is 12.3. The lowest BCUT2D eigenvalue weighted by Crippen LogP contribution is -1.98. The van der Waals surface area contributed by atoms with E-state index in [4.69, 9.17) is 0 Å². The van der Waals surface area contributed by atoms with Crippen molar-refractivity contribution in [3.63, 3.8) is 0 Å². The Hall–Kier alpha value is 0.470. The fourth-order valence-electron chi connectivity index (χ4n) is 0.730. The predicted molar refractivity (Wildman–Crippen MR) is 59.4 cm³/mol. The van der Waals surface area contributed by atoms with E-state index in [9.17, 15) is 8.78 Å². The number of aromatic nitrogens is 1. The molecule has 0 unspecified atom stereocenters. The summed E-state index contributed by atoms with van der Waals surface area (Å²) in [5.41, 5.74) is 0.542. The van der Waals surface area contributed by atoms with Crippen LogP contribution in [0.2, 0.25) is 0 Å². The van der Waals surface area contributed by atoms with Crippen LogP contribution < -0.4 is 0 Å². The molecule has 12 heavy (non-hydrogen) atoms. The number of hydrogen-bond donors (Lipinski definition) is 0. The summed E-state index contributed by atoms with van der Waals surface area (Å²) in [5.74, 6) is 0. The second-order valence-corrected chi connectivity index (χ2v) is 4.55. The third-order valence-electron chi connectivity index (χ3n) is 1.34. The van der Waals surface area contributed by atoms with Gasteiger partial charge in [-0.25, -0.2) is 13.8 Å². The molecule has 0 bridgehead atoms. The van der Waals surface area contributed by atoms with Crippen molar-refractivity contribution in [1.82, 2.24) is 4.98 Å². The molecule has 0 saturated heterocycles. The highest BCUT2D eigenvalue weighted by Crippen LogP contribution is 2.24. The molecule has 1 heterocycles. The van der Waals surface area contributed by atoms with Crippen LogP contribution in [0.1, 0.15) is 17.8 Å². The summed E-state index contributed by atoms with van der Waals surface area (Å²) in [5, 5.41) is 0. The highest BCUT2D eigenvalue weighted by molar-refractivity contribution is 14.1. The first kappa shape index (κ1) is 10.6. The first-order chi connectivity index (χ1) is 5.52. The molecule has 0 amide bonds. The van der Waals surface area contributed by atoms with Crippen molar-refractivity contribution in [3.05, 3.63) is 24.6 Å². The Morgan fingerprint density at radius 3 is 2.42 bits per heavy atom. The second kappa shape index (κ2) is 4.12. The molecule has 0 atom stereocenters. The van der Waals surface area contributed by atoms with Gasteiger partial charge in [0, 0.05) is 7.14 Å². The highest BCUT2D eigenvalue weighted by Gasteiger charge is 2.14. The Morgan fingerprint density at radius 1 is 1.33 bits per heavy atom. The molecule has 0 fully saturated rings. The molecule has 66 valence electrons. The molecule has 1 rings (SSSR count). The molecule has 0 aliphatic heterocycles. The van der Waals surface area contributed by atoms with Gasteiger partial charge < -0.3 is 0 Å². The summed E-state index contributed by atoms with van der Waals surface area (Å²) < 4.78 is 26.0. The topological polar surface area (TPSA) is 12.9 Å². The molecule has 0 aromatic carbocycles. The van der Waals surface area contributed by atoms with Crippen molar-refractivity contribution in [2.24, 2.45) is 0 Å². The van der Waals surface area contributed by atoms with Crippen LogP contribution in [-0.4, -0.2) is 4.98 Å². The van der Waals surface area contributed by atoms with Crippen LogP contribution in [0.15, 0.2) is 6.07 Å². The summed E-state index contributed by atoms with van der Waals surface area (Å²) in [6.07, 6.45) is -2.48. The Morgan fingerprint density at radius 2 is 1.92 bits per heavy atom. The summed E-state index contributed by atoms with van der Waals surface area (Å²) >= 11 is 3.95. The molecule has 0 N–H and O–H groups in total. The fraction of sp³-hybridized carbons (Fsp3) is 0.286. The van der Waals surface area contributed by atoms with Crippen LogP contribution in [0.5, 0.6) is 0 Å². The number of rotatable bonds is 1. The summed E-state index contributed by atoms with van der Waals surface area (Å²) in [4.78, 5) is 3.81. The van der Waals surface area contributed by atoms with Crippen molar-refractivity contribution in [3.8, 4) is 0 Å². The monoisotopic (exact) mass is 395 g/mol. The zero-order chi connectivity index (χ0) is 9.30. The molecule has 1 aromatic rings. The van der Waals surface area contributed by atoms with Gasteiger partial charge in [-0.2, -0.15) is 0 Å². The van der Waals surface area contributed by atoms with Gasteiger partial charge in [0.1, 0.15) is 5.69 Å². The number of hydrogen-bond acceptors (Lipinski definition) is 1. The molecule has 5 heteroatoms. The van der Waals surface area contributed by atoms with E-state index in [1.54, 1.807) is 13.0 Å². The van der Waals surface area contributed by atoms with E-state index in [-0.39, 0.29) is 5.69 Å². The van der Waals surface area contributed by atoms with Gasteiger partial charge in [0.25, 0.3) is 6.43 Å². The molecule has 0 aliphatic carbocycles. The van der Waals surface area contributed by atoms with Gasteiger partial charge in [0.2, 0.25) is 0 Å². The van der Waals surface area contributed by atoms with Crippen LogP contribution in [0.4, 0.5) is 8.78 Å². The van der Waals surface area contributed by atoms with Crippen LogP contribution in [-0.2, 0) is 0 Å². The van der Waals surface area contributed by atoms with Crippen LogP contribution >= 0.6 is 45.2 Å². The van der Waals surface area contributed by atoms with E-state index in [1.807, 2.05) is 22.6 Å². The van der Waals surface area contributed by atoms with E-state index in [0.29, 0.717) is 9.26 Å². The maximum Gasteiger partial charge on any atom is 0.281 e. The van der Waals surface area contributed by atoms with Crippen LogP contribution in [0, 0.1) is 14.1 Å². The van der Waals surface area contributed by atoms with Gasteiger partial charge in [-0.15, -0.1) is 0 Å². The summed E-state index contributed by atoms with van der Waals surface area (Å²) in [6, 6.07) is 1.71. The van der Waals surface area contributed by atoms with E-state index in [2.05, 4.69) is 27.6 Å². The second-order valence-electron chi connectivity index (χ2n) is 2.22. The first-order valence-electron chi connectivity index (χ1n) is 3.13. The van der Waals surface area contributed by atoms with Crippen molar-refractivity contribution < 1.29 is 8.78 Å². The average molecular weight is 395 g/mol. The number of halogens is 4. The largest absolute Gasteiger partial charge is 0.281 e. The summed E-state index contributed by atoms with van der Waals surface area (Å²) in [6.45, 7) is 1.73. The minimum absolute atomic E-state index is 0.117. The van der Waals surface area contributed by atoms with Crippen molar-refractivity contribution in [2.75, 3.05) is 0 Å². The zero-order valence-electron chi connectivity index (χ0n) is 6.11. The Kier molecular flexibility index (Phi) is 3.62. The number of pyridine rings is 1. The number of nitrogens with zero attached hydrogens (tertiary/aromatic N) is 1. The lowest BCUT2D eigenvalue weighted by Gasteiger charge is -2.04. The number of aryl methyl sites for hydroxylation is 1. The highest BCUT2D eigenvalue weighted by atomic mass is 127. The molecular formula is C7H5F2I2N. The van der Waals surface area contributed by atoms with Gasteiger partial charge in [-0.1, -0.05) is 0 Å². The average Bonchev–Trinajstić information content (AvgIpc) is 1.96. The van der Waals surface area contributed by atoms with E-state index < -0.39 is 6.43 Å².